The highest BCUT2D eigenvalue weighted by Crippen LogP contribution is 2.28. The van der Waals surface area contributed by atoms with Crippen molar-refractivity contribution in [3.63, 3.8) is 0 Å². The molecule has 1 fully saturated rings. The van der Waals surface area contributed by atoms with Gasteiger partial charge in [0.15, 0.2) is 0 Å². The first-order chi connectivity index (χ1) is 5.38. The van der Waals surface area contributed by atoms with Gasteiger partial charge in [-0.25, -0.2) is 0 Å². The van der Waals surface area contributed by atoms with Crippen molar-refractivity contribution < 1.29 is 0 Å². The van der Waals surface area contributed by atoms with Crippen LogP contribution < -0.4 is 11.3 Å². The Hall–Kier alpha value is 0.270. The van der Waals surface area contributed by atoms with Gasteiger partial charge in [0.2, 0.25) is 0 Å². The van der Waals surface area contributed by atoms with Crippen molar-refractivity contribution in [2.24, 2.45) is 11.8 Å². The third-order valence-electron chi connectivity index (χ3n) is 2.53. The van der Waals surface area contributed by atoms with Crippen molar-refractivity contribution in [1.82, 2.24) is 5.43 Å². The summed E-state index contributed by atoms with van der Waals surface area (Å²) in [6.07, 6.45) is 7.68. The van der Waals surface area contributed by atoms with E-state index in [1.165, 1.54) is 25.7 Å². The first kappa shape index (κ1) is 9.36. The lowest BCUT2D eigenvalue weighted by atomic mass is 10.0. The highest BCUT2D eigenvalue weighted by Gasteiger charge is 2.23. The average Bonchev–Trinajstić information content (AvgIpc) is 2.52. The summed E-state index contributed by atoms with van der Waals surface area (Å²) in [6, 6.07) is 0.549. The van der Waals surface area contributed by atoms with Crippen LogP contribution in [0.5, 0.6) is 0 Å². The van der Waals surface area contributed by atoms with Gasteiger partial charge in [-0.05, 0) is 25.0 Å². The van der Waals surface area contributed by atoms with E-state index < -0.39 is 0 Å². The fourth-order valence-corrected chi connectivity index (χ4v) is 2.59. The van der Waals surface area contributed by atoms with Crippen LogP contribution in [0.4, 0.5) is 0 Å². The van der Waals surface area contributed by atoms with E-state index in [2.05, 4.69) is 11.7 Å². The summed E-state index contributed by atoms with van der Waals surface area (Å²) in [5.41, 5.74) is 2.92. The lowest BCUT2D eigenvalue weighted by Gasteiger charge is -2.21. The van der Waals surface area contributed by atoms with E-state index in [9.17, 15) is 0 Å². The fourth-order valence-electron chi connectivity index (χ4n) is 1.86. The van der Waals surface area contributed by atoms with Crippen molar-refractivity contribution in [2.75, 3.05) is 12.0 Å². The Morgan fingerprint density at radius 1 is 1.55 bits per heavy atom. The van der Waals surface area contributed by atoms with Crippen molar-refractivity contribution >= 4 is 11.8 Å². The van der Waals surface area contributed by atoms with E-state index in [1.54, 1.807) is 0 Å². The number of hydrogen-bond donors (Lipinski definition) is 2. The summed E-state index contributed by atoms with van der Waals surface area (Å²) in [5.74, 6) is 7.47. The topological polar surface area (TPSA) is 38.0 Å². The molecule has 1 aliphatic rings. The van der Waals surface area contributed by atoms with Gasteiger partial charge in [0.05, 0.1) is 0 Å². The van der Waals surface area contributed by atoms with Crippen molar-refractivity contribution in [1.29, 1.82) is 0 Å². The van der Waals surface area contributed by atoms with Gasteiger partial charge in [0, 0.05) is 11.8 Å². The summed E-state index contributed by atoms with van der Waals surface area (Å²) in [6.45, 7) is 0. The molecule has 1 unspecified atom stereocenters. The van der Waals surface area contributed by atoms with E-state index in [-0.39, 0.29) is 0 Å². The minimum absolute atomic E-state index is 0.549. The summed E-state index contributed by atoms with van der Waals surface area (Å²) in [7, 11) is 0. The predicted molar refractivity (Wildman–Crippen MR) is 51.5 cm³/mol. The highest BCUT2D eigenvalue weighted by atomic mass is 32.2. The monoisotopic (exact) mass is 174 g/mol. The standard InChI is InChI=1S/C8H18N2S/c1-11-6-8(10-9)7-4-2-3-5-7/h7-8,10H,2-6,9H2,1H3. The molecular formula is C8H18N2S. The van der Waals surface area contributed by atoms with E-state index in [0.717, 1.165) is 11.7 Å². The zero-order valence-electron chi connectivity index (χ0n) is 7.18. The van der Waals surface area contributed by atoms with E-state index in [0.29, 0.717) is 6.04 Å². The molecule has 0 aromatic heterocycles. The summed E-state index contributed by atoms with van der Waals surface area (Å²) < 4.78 is 0. The molecule has 0 aliphatic heterocycles. The Labute approximate surface area is 73.3 Å². The Bertz CT molecular complexity index is 102. The average molecular weight is 174 g/mol. The maximum Gasteiger partial charge on any atom is 0.0329 e. The number of thioether (sulfide) groups is 1. The molecule has 1 saturated carbocycles. The quantitative estimate of drug-likeness (QED) is 0.499. The normalized spacial score (nSPS) is 22.4. The molecule has 0 spiro atoms. The number of rotatable bonds is 4. The van der Waals surface area contributed by atoms with Crippen molar-refractivity contribution in [3.05, 3.63) is 0 Å². The highest BCUT2D eigenvalue weighted by molar-refractivity contribution is 7.98. The Morgan fingerprint density at radius 2 is 2.18 bits per heavy atom. The molecule has 0 heterocycles. The molecular weight excluding hydrogens is 156 g/mol. The molecule has 1 rings (SSSR count). The maximum absolute atomic E-state index is 5.48. The summed E-state index contributed by atoms with van der Waals surface area (Å²) in [4.78, 5) is 0. The fraction of sp³-hybridized carbons (Fsp3) is 1.00. The molecule has 0 saturated heterocycles. The molecule has 66 valence electrons. The van der Waals surface area contributed by atoms with Crippen LogP contribution in [0.15, 0.2) is 0 Å². The Balaban J connectivity index is 2.27. The van der Waals surface area contributed by atoms with E-state index in [4.69, 9.17) is 5.84 Å². The minimum Gasteiger partial charge on any atom is -0.271 e. The number of nitrogens with two attached hydrogens (primary N) is 1. The van der Waals surface area contributed by atoms with Crippen LogP contribution in [0.3, 0.4) is 0 Å². The number of hydrogen-bond acceptors (Lipinski definition) is 3. The number of hydrazine groups is 1. The smallest absolute Gasteiger partial charge is 0.0329 e. The molecule has 2 nitrogen and oxygen atoms in total. The van der Waals surface area contributed by atoms with E-state index >= 15 is 0 Å². The Kier molecular flexibility index (Phi) is 4.26. The van der Waals surface area contributed by atoms with Crippen LogP contribution in [0.1, 0.15) is 25.7 Å². The summed E-state index contributed by atoms with van der Waals surface area (Å²) in [5, 5.41) is 0. The van der Waals surface area contributed by atoms with Crippen LogP contribution in [-0.2, 0) is 0 Å². The van der Waals surface area contributed by atoms with Gasteiger partial charge in [-0.2, -0.15) is 11.8 Å². The second-order valence-corrected chi connectivity index (χ2v) is 4.18. The maximum atomic E-state index is 5.48. The lowest BCUT2D eigenvalue weighted by molar-refractivity contribution is 0.394. The molecule has 0 aromatic carbocycles. The van der Waals surface area contributed by atoms with Crippen molar-refractivity contribution in [2.45, 2.75) is 31.7 Å². The van der Waals surface area contributed by atoms with Crippen molar-refractivity contribution in [3.8, 4) is 0 Å². The van der Waals surface area contributed by atoms with Gasteiger partial charge in [-0.1, -0.05) is 12.8 Å². The largest absolute Gasteiger partial charge is 0.271 e. The number of nitrogens with one attached hydrogen (secondary N) is 1. The van der Waals surface area contributed by atoms with Gasteiger partial charge in [0.1, 0.15) is 0 Å². The molecule has 3 N–H and O–H groups in total. The van der Waals surface area contributed by atoms with Gasteiger partial charge in [-0.3, -0.25) is 11.3 Å². The third kappa shape index (κ3) is 2.65. The van der Waals surface area contributed by atoms with Crippen LogP contribution in [0.2, 0.25) is 0 Å². The molecule has 11 heavy (non-hydrogen) atoms. The van der Waals surface area contributed by atoms with E-state index in [1.807, 2.05) is 11.8 Å². The second-order valence-electron chi connectivity index (χ2n) is 3.27. The molecule has 1 atom stereocenters. The van der Waals surface area contributed by atoms with Crippen LogP contribution in [0, 0.1) is 5.92 Å². The molecule has 0 aromatic rings. The van der Waals surface area contributed by atoms with Crippen LogP contribution >= 0.6 is 11.8 Å². The van der Waals surface area contributed by atoms with Gasteiger partial charge in [-0.15, -0.1) is 0 Å². The molecule has 0 radical (unpaired) electrons. The molecule has 0 bridgehead atoms. The predicted octanol–water partition coefficient (Wildman–Crippen LogP) is 1.37. The molecule has 3 heteroatoms. The summed E-state index contributed by atoms with van der Waals surface area (Å²) >= 11 is 1.88. The van der Waals surface area contributed by atoms with Gasteiger partial charge >= 0.3 is 0 Å². The van der Waals surface area contributed by atoms with Gasteiger partial charge < -0.3 is 0 Å². The minimum atomic E-state index is 0.549. The Morgan fingerprint density at radius 3 is 2.64 bits per heavy atom. The third-order valence-corrected chi connectivity index (χ3v) is 3.22. The lowest BCUT2D eigenvalue weighted by Crippen LogP contribution is -2.41. The first-order valence-corrected chi connectivity index (χ1v) is 5.73. The second kappa shape index (κ2) is 5.01. The van der Waals surface area contributed by atoms with Gasteiger partial charge in [0.25, 0.3) is 0 Å². The SMILES string of the molecule is CSCC(NN)C1CCCC1. The molecule has 0 amide bonds. The van der Waals surface area contributed by atoms with Crippen LogP contribution in [-0.4, -0.2) is 18.1 Å². The van der Waals surface area contributed by atoms with Crippen LogP contribution in [0.25, 0.3) is 0 Å². The first-order valence-electron chi connectivity index (χ1n) is 4.33. The zero-order valence-corrected chi connectivity index (χ0v) is 7.99. The molecule has 1 aliphatic carbocycles. The zero-order chi connectivity index (χ0) is 8.10.